The molecule has 284 valence electrons. The maximum atomic E-state index is 12.1. The van der Waals surface area contributed by atoms with Crippen LogP contribution in [0.15, 0.2) is 109 Å². The third-order valence-electron chi connectivity index (χ3n) is 10.2. The average Bonchev–Trinajstić information content (AvgIpc) is 3.17. The minimum atomic E-state index is -0.493. The Morgan fingerprint density at radius 1 is 0.636 bits per heavy atom. The number of nitrogens with one attached hydrogen (secondary N) is 3. The summed E-state index contributed by atoms with van der Waals surface area (Å²) in [7, 11) is 0. The van der Waals surface area contributed by atoms with Crippen molar-refractivity contribution in [2.45, 2.75) is 102 Å². The molecule has 0 spiro atoms. The van der Waals surface area contributed by atoms with Crippen molar-refractivity contribution in [2.75, 3.05) is 10.6 Å². The van der Waals surface area contributed by atoms with Crippen LogP contribution in [0.1, 0.15) is 72.1 Å². The van der Waals surface area contributed by atoms with E-state index in [1.54, 1.807) is 6.20 Å². The Balaban J connectivity index is 0.000000174. The van der Waals surface area contributed by atoms with Crippen LogP contribution in [-0.2, 0) is 4.74 Å². The number of fused-ring (bicyclic) bond motifs is 2. The molecule has 4 unspecified atom stereocenters. The normalized spacial score (nSPS) is 19.9. The molecule has 0 aliphatic heterocycles. The van der Waals surface area contributed by atoms with Crippen LogP contribution in [0.3, 0.4) is 0 Å². The van der Waals surface area contributed by atoms with Crippen LogP contribution in [0.5, 0.6) is 0 Å². The number of carbonyl (C=O) groups is 1. The first-order chi connectivity index (χ1) is 26.6. The fourth-order valence-electron chi connectivity index (χ4n) is 7.53. The molecule has 1 amide bonds. The summed E-state index contributed by atoms with van der Waals surface area (Å²) >= 11 is 0. The minimum absolute atomic E-state index is 0.0878. The van der Waals surface area contributed by atoms with Crippen molar-refractivity contribution in [3.05, 3.63) is 109 Å². The fraction of sp³-hybridized carbons (Fsp3) is 0.356. The first-order valence-corrected chi connectivity index (χ1v) is 19.6. The second-order valence-electron chi connectivity index (χ2n) is 15.8. The van der Waals surface area contributed by atoms with Crippen molar-refractivity contribution in [3.8, 4) is 22.5 Å². The highest BCUT2D eigenvalue weighted by atomic mass is 16.6. The van der Waals surface area contributed by atoms with Gasteiger partial charge in [-0.3, -0.25) is 0 Å². The van der Waals surface area contributed by atoms with E-state index in [9.17, 15) is 4.79 Å². The molecule has 8 rings (SSSR count). The SMILES string of the molecule is CC(C)(C)OC(=O)NC1CCCC(Nc2nccc(-c3ccc4ccccc4c3)n2)C1.NC1CCCC(Nc2nccc(-c3ccc4ccccc4c3)n2)C1. The maximum absolute atomic E-state index is 12.1. The number of alkyl carbamates (subject to hydrolysis) is 1. The van der Waals surface area contributed by atoms with Gasteiger partial charge in [0.25, 0.3) is 0 Å². The number of anilines is 2. The number of amides is 1. The summed E-state index contributed by atoms with van der Waals surface area (Å²) in [6, 6.07) is 34.3. The molecule has 10 heteroatoms. The van der Waals surface area contributed by atoms with Crippen LogP contribution in [0, 0.1) is 0 Å². The van der Waals surface area contributed by atoms with Gasteiger partial charge in [-0.2, -0.15) is 0 Å². The van der Waals surface area contributed by atoms with Crippen LogP contribution in [0.2, 0.25) is 0 Å². The van der Waals surface area contributed by atoms with E-state index in [0.29, 0.717) is 24.0 Å². The van der Waals surface area contributed by atoms with E-state index in [1.807, 2.05) is 51.2 Å². The summed E-state index contributed by atoms with van der Waals surface area (Å²) in [5.74, 6) is 1.31. The van der Waals surface area contributed by atoms with E-state index >= 15 is 0 Å². The van der Waals surface area contributed by atoms with Crippen molar-refractivity contribution >= 4 is 39.5 Å². The van der Waals surface area contributed by atoms with Gasteiger partial charge in [-0.25, -0.2) is 24.7 Å². The standard InChI is InChI=1S/C25H30N4O2.C20H22N4/c1-25(2,3)31-24(30)28-21-10-6-9-20(16-21)27-23-26-14-13-22(29-23)19-12-11-17-7-4-5-8-18(17)15-19;21-17-6-3-7-18(13-17)23-20-22-11-10-19(24-20)16-9-8-14-4-1-2-5-15(14)12-16/h4-5,7-8,11-15,20-21H,6,9-10,16H2,1-3H3,(H,28,30)(H,26,27,29);1-2,4-5,8-12,17-18H,3,6-7,13,21H2,(H,22,23,24). The predicted octanol–water partition coefficient (Wildman–Crippen LogP) is 9.52. The number of hydrogen-bond acceptors (Lipinski definition) is 9. The molecule has 2 saturated carbocycles. The number of aromatic nitrogens is 4. The maximum Gasteiger partial charge on any atom is 0.407 e. The zero-order valence-electron chi connectivity index (χ0n) is 32.0. The Bertz CT molecular complexity index is 2220. The van der Waals surface area contributed by atoms with E-state index in [-0.39, 0.29) is 18.2 Å². The van der Waals surface area contributed by atoms with E-state index in [0.717, 1.165) is 67.5 Å². The lowest BCUT2D eigenvalue weighted by Gasteiger charge is -2.31. The number of nitrogens with two attached hydrogens (primary N) is 1. The molecule has 0 radical (unpaired) electrons. The summed E-state index contributed by atoms with van der Waals surface area (Å²) in [6.45, 7) is 5.62. The molecule has 6 aromatic rings. The van der Waals surface area contributed by atoms with Gasteiger partial charge in [0.1, 0.15) is 5.60 Å². The number of ether oxygens (including phenoxy) is 1. The first-order valence-electron chi connectivity index (χ1n) is 19.6. The van der Waals surface area contributed by atoms with Crippen molar-refractivity contribution < 1.29 is 9.53 Å². The number of hydrogen-bond donors (Lipinski definition) is 4. The molecule has 0 saturated heterocycles. The van der Waals surface area contributed by atoms with E-state index in [1.165, 1.54) is 28.0 Å². The Morgan fingerprint density at radius 2 is 1.13 bits per heavy atom. The lowest BCUT2D eigenvalue weighted by atomic mass is 9.91. The molecule has 2 aliphatic carbocycles. The molecule has 2 aromatic heterocycles. The van der Waals surface area contributed by atoms with Crippen molar-refractivity contribution in [1.82, 2.24) is 25.3 Å². The smallest absolute Gasteiger partial charge is 0.407 e. The minimum Gasteiger partial charge on any atom is -0.444 e. The van der Waals surface area contributed by atoms with Gasteiger partial charge < -0.3 is 26.4 Å². The van der Waals surface area contributed by atoms with Crippen LogP contribution in [0.4, 0.5) is 16.7 Å². The second-order valence-corrected chi connectivity index (χ2v) is 15.8. The Labute approximate surface area is 323 Å². The van der Waals surface area contributed by atoms with Crippen LogP contribution in [0.25, 0.3) is 44.1 Å². The number of rotatable bonds is 7. The Hall–Kier alpha value is -5.61. The van der Waals surface area contributed by atoms with Crippen molar-refractivity contribution in [3.63, 3.8) is 0 Å². The van der Waals surface area contributed by atoms with Gasteiger partial charge in [0.2, 0.25) is 11.9 Å². The monoisotopic (exact) mass is 736 g/mol. The summed E-state index contributed by atoms with van der Waals surface area (Å²) in [5.41, 5.74) is 9.59. The summed E-state index contributed by atoms with van der Waals surface area (Å²) in [4.78, 5) is 30.4. The number of nitrogens with zero attached hydrogens (tertiary/aromatic N) is 4. The lowest BCUT2D eigenvalue weighted by molar-refractivity contribution is 0.0492. The molecule has 2 fully saturated rings. The molecule has 2 heterocycles. The zero-order valence-corrected chi connectivity index (χ0v) is 32.0. The Morgan fingerprint density at radius 3 is 1.65 bits per heavy atom. The summed E-state index contributed by atoms with van der Waals surface area (Å²) < 4.78 is 5.39. The third kappa shape index (κ3) is 10.5. The molecule has 4 atom stereocenters. The fourth-order valence-corrected chi connectivity index (χ4v) is 7.53. The van der Waals surface area contributed by atoms with Gasteiger partial charge in [0.05, 0.1) is 11.4 Å². The quantitative estimate of drug-likeness (QED) is 0.126. The average molecular weight is 737 g/mol. The molecule has 0 bridgehead atoms. The molecule has 5 N–H and O–H groups in total. The highest BCUT2D eigenvalue weighted by molar-refractivity contribution is 5.87. The van der Waals surface area contributed by atoms with Gasteiger partial charge in [-0.05, 0) is 118 Å². The predicted molar refractivity (Wildman–Crippen MR) is 223 cm³/mol. The number of benzene rings is 4. The van der Waals surface area contributed by atoms with Crippen molar-refractivity contribution in [2.24, 2.45) is 5.73 Å². The molecule has 10 nitrogen and oxygen atoms in total. The highest BCUT2D eigenvalue weighted by Crippen LogP contribution is 2.27. The molecular weight excluding hydrogens is 685 g/mol. The van der Waals surface area contributed by atoms with Gasteiger partial charge in [0, 0.05) is 47.7 Å². The highest BCUT2D eigenvalue weighted by Gasteiger charge is 2.26. The third-order valence-corrected chi connectivity index (χ3v) is 10.2. The van der Waals surface area contributed by atoms with E-state index in [4.69, 9.17) is 20.4 Å². The first kappa shape index (κ1) is 37.7. The topological polar surface area (TPSA) is 140 Å². The second kappa shape index (κ2) is 17.2. The van der Waals surface area contributed by atoms with Crippen LogP contribution < -0.4 is 21.7 Å². The molecule has 2 aliphatic rings. The van der Waals surface area contributed by atoms with E-state index < -0.39 is 5.60 Å². The van der Waals surface area contributed by atoms with E-state index in [2.05, 4.69) is 98.7 Å². The number of carbonyl (C=O) groups excluding carboxylic acids is 1. The van der Waals surface area contributed by atoms with Gasteiger partial charge >= 0.3 is 6.09 Å². The molecule has 4 aromatic carbocycles. The Kier molecular flexibility index (Phi) is 11.8. The largest absolute Gasteiger partial charge is 0.444 e. The summed E-state index contributed by atoms with van der Waals surface area (Å²) in [5, 5.41) is 14.8. The molecular formula is C45H52N8O2. The van der Waals surface area contributed by atoms with Gasteiger partial charge in [-0.15, -0.1) is 0 Å². The van der Waals surface area contributed by atoms with Gasteiger partial charge in [-0.1, -0.05) is 72.8 Å². The lowest BCUT2D eigenvalue weighted by Crippen LogP contribution is -2.44. The van der Waals surface area contributed by atoms with Crippen LogP contribution >= 0.6 is 0 Å². The zero-order chi connectivity index (χ0) is 38.2. The van der Waals surface area contributed by atoms with Crippen LogP contribution in [-0.4, -0.2) is 55.8 Å². The van der Waals surface area contributed by atoms with Gasteiger partial charge in [0.15, 0.2) is 0 Å². The van der Waals surface area contributed by atoms with Crippen molar-refractivity contribution in [1.29, 1.82) is 0 Å². The summed E-state index contributed by atoms with van der Waals surface area (Å²) in [6.07, 6.45) is 11.5. The molecule has 55 heavy (non-hydrogen) atoms.